The van der Waals surface area contributed by atoms with Crippen molar-refractivity contribution >= 4 is 19.8 Å². The number of nitrogens with zero attached hydrogens (tertiary/aromatic N) is 3. The second-order valence-corrected chi connectivity index (χ2v) is 2.03. The number of hydrogen-bond donors (Lipinski definition) is 4. The van der Waals surface area contributed by atoms with E-state index in [0.29, 0.717) is 5.69 Å². The fraction of sp³-hybridized carbons (Fsp3) is 0. The second kappa shape index (κ2) is 5.30. The van der Waals surface area contributed by atoms with E-state index < -0.39 is 8.25 Å². The van der Waals surface area contributed by atoms with Gasteiger partial charge in [-0.1, -0.05) is 0 Å². The van der Waals surface area contributed by atoms with E-state index in [-0.39, 0.29) is 5.82 Å². The van der Waals surface area contributed by atoms with Crippen LogP contribution >= 0.6 is 8.25 Å². The molecule has 0 radical (unpaired) electrons. The van der Waals surface area contributed by atoms with Crippen LogP contribution in [0.2, 0.25) is 0 Å². The summed E-state index contributed by atoms with van der Waals surface area (Å²) >= 11 is 0. The minimum absolute atomic E-state index is 0.222. The van der Waals surface area contributed by atoms with Gasteiger partial charge in [-0.3, -0.25) is 0 Å². The summed E-state index contributed by atoms with van der Waals surface area (Å²) < 4.78 is 8.70. The summed E-state index contributed by atoms with van der Waals surface area (Å²) in [5.41, 5.74) is 10.8. The summed E-state index contributed by atoms with van der Waals surface area (Å²) in [6, 6.07) is 0. The van der Waals surface area contributed by atoms with Crippen LogP contribution in [0.3, 0.4) is 0 Å². The van der Waals surface area contributed by atoms with E-state index in [1.807, 2.05) is 0 Å². The van der Waals surface area contributed by atoms with E-state index in [1.54, 1.807) is 0 Å². The average Bonchev–Trinajstić information content (AvgIpc) is 1.94. The maximum atomic E-state index is 8.70. The first-order valence-corrected chi connectivity index (χ1v) is 3.75. The first-order chi connectivity index (χ1) is 5.54. The predicted octanol–water partition coefficient (Wildman–Crippen LogP) is -1.34. The molecule has 12 heavy (non-hydrogen) atoms. The molecular formula is C3H7N5O3P+. The first-order valence-electron chi connectivity index (χ1n) is 2.58. The van der Waals surface area contributed by atoms with Gasteiger partial charge in [0.25, 0.3) is 0 Å². The van der Waals surface area contributed by atoms with Crippen LogP contribution in [0, 0.1) is 0 Å². The summed E-state index contributed by atoms with van der Waals surface area (Å²) in [6.07, 6.45) is 1.35. The Morgan fingerprint density at radius 1 is 1.42 bits per heavy atom. The van der Waals surface area contributed by atoms with Crippen molar-refractivity contribution in [3.05, 3.63) is 6.20 Å². The van der Waals surface area contributed by atoms with Crippen molar-refractivity contribution in [1.82, 2.24) is 15.4 Å². The van der Waals surface area contributed by atoms with Gasteiger partial charge in [-0.05, 0) is 5.21 Å². The standard InChI is InChI=1S/C3H5N5.HO3P/c4-2-1-6-8-7-3(2)5;1-4(2)3/h1H,(H2,4,8)(H2,5,6,7);(H-,1,2,3)/p+1. The first kappa shape index (κ1) is 10.6. The van der Waals surface area contributed by atoms with Crippen molar-refractivity contribution in [3.8, 4) is 0 Å². The highest BCUT2D eigenvalue weighted by atomic mass is 31.1. The Morgan fingerprint density at radius 3 is 2.17 bits per heavy atom. The highest BCUT2D eigenvalue weighted by Crippen LogP contribution is 2.02. The molecule has 0 amide bonds. The van der Waals surface area contributed by atoms with Crippen LogP contribution in [0.1, 0.15) is 0 Å². The number of nitrogen functional groups attached to an aromatic ring is 2. The summed E-state index contributed by atoms with van der Waals surface area (Å²) in [6.45, 7) is 0. The van der Waals surface area contributed by atoms with Crippen LogP contribution in [-0.2, 0) is 4.57 Å². The van der Waals surface area contributed by atoms with Crippen LogP contribution in [0.4, 0.5) is 11.5 Å². The fourth-order valence-corrected chi connectivity index (χ4v) is 0.286. The van der Waals surface area contributed by atoms with Gasteiger partial charge in [0, 0.05) is 4.57 Å². The molecule has 1 aromatic rings. The summed E-state index contributed by atoms with van der Waals surface area (Å²) in [4.78, 5) is 14.2. The Balaban J connectivity index is 0.000000261. The minimum atomic E-state index is -2.87. The van der Waals surface area contributed by atoms with Crippen LogP contribution in [0.5, 0.6) is 0 Å². The lowest BCUT2D eigenvalue weighted by atomic mass is 10.5. The number of anilines is 2. The molecule has 0 aliphatic carbocycles. The Labute approximate surface area is 68.2 Å². The van der Waals surface area contributed by atoms with Gasteiger partial charge in [-0.2, -0.15) is 0 Å². The van der Waals surface area contributed by atoms with E-state index in [1.165, 1.54) is 6.20 Å². The Morgan fingerprint density at radius 2 is 1.92 bits per heavy atom. The zero-order valence-electron chi connectivity index (χ0n) is 5.82. The summed E-state index contributed by atoms with van der Waals surface area (Å²) in [5, 5.41) is 9.99. The Kier molecular flexibility index (Phi) is 4.70. The van der Waals surface area contributed by atoms with Gasteiger partial charge in [-0.15, -0.1) is 20.0 Å². The summed E-state index contributed by atoms with van der Waals surface area (Å²) in [5.74, 6) is 0.222. The number of rotatable bonds is 0. The fourth-order valence-electron chi connectivity index (χ4n) is 0.286. The maximum Gasteiger partial charge on any atom is 0.692 e. The molecule has 0 aromatic carbocycles. The molecule has 0 aliphatic heterocycles. The highest BCUT2D eigenvalue weighted by molar-refractivity contribution is 7.30. The quantitative estimate of drug-likeness (QED) is 0.369. The third-order valence-electron chi connectivity index (χ3n) is 0.697. The molecule has 66 valence electrons. The molecule has 0 aliphatic rings. The van der Waals surface area contributed by atoms with Crippen LogP contribution in [0.25, 0.3) is 0 Å². The molecule has 0 bridgehead atoms. The largest absolute Gasteiger partial charge is 0.692 e. The normalized spacial score (nSPS) is 8.17. The van der Waals surface area contributed by atoms with Gasteiger partial charge in [-0.25, -0.2) is 0 Å². The van der Waals surface area contributed by atoms with Crippen molar-refractivity contribution in [2.45, 2.75) is 0 Å². The van der Waals surface area contributed by atoms with Gasteiger partial charge in [0.15, 0.2) is 5.82 Å². The van der Waals surface area contributed by atoms with Crippen molar-refractivity contribution in [3.63, 3.8) is 0 Å². The van der Waals surface area contributed by atoms with E-state index in [0.717, 1.165) is 0 Å². The Hall–Kier alpha value is -1.37. The smallest absolute Gasteiger partial charge is 0.394 e. The van der Waals surface area contributed by atoms with Crippen molar-refractivity contribution < 1.29 is 14.4 Å². The molecule has 0 saturated heterocycles. The zero-order valence-corrected chi connectivity index (χ0v) is 6.72. The lowest BCUT2D eigenvalue weighted by Gasteiger charge is -1.90. The molecule has 1 heterocycles. The molecule has 1 rings (SSSR count). The molecule has 0 unspecified atom stereocenters. The van der Waals surface area contributed by atoms with E-state index in [2.05, 4.69) is 15.4 Å². The van der Waals surface area contributed by atoms with Gasteiger partial charge in [0.2, 0.25) is 0 Å². The van der Waals surface area contributed by atoms with Crippen molar-refractivity contribution in [2.24, 2.45) is 0 Å². The molecule has 0 atom stereocenters. The summed E-state index contributed by atoms with van der Waals surface area (Å²) in [7, 11) is -2.87. The maximum absolute atomic E-state index is 8.70. The third-order valence-corrected chi connectivity index (χ3v) is 0.697. The van der Waals surface area contributed by atoms with Crippen LogP contribution in [0.15, 0.2) is 6.20 Å². The van der Waals surface area contributed by atoms with E-state index in [4.69, 9.17) is 25.8 Å². The van der Waals surface area contributed by atoms with Crippen molar-refractivity contribution in [2.75, 3.05) is 11.5 Å². The van der Waals surface area contributed by atoms with Gasteiger partial charge in [0.05, 0.1) is 11.9 Å². The van der Waals surface area contributed by atoms with Crippen LogP contribution < -0.4 is 11.5 Å². The van der Waals surface area contributed by atoms with E-state index in [9.17, 15) is 0 Å². The van der Waals surface area contributed by atoms with Gasteiger partial charge < -0.3 is 11.5 Å². The van der Waals surface area contributed by atoms with E-state index >= 15 is 0 Å². The van der Waals surface area contributed by atoms with Gasteiger partial charge in [0.1, 0.15) is 0 Å². The average molecular weight is 192 g/mol. The van der Waals surface area contributed by atoms with Crippen molar-refractivity contribution in [1.29, 1.82) is 0 Å². The molecule has 8 nitrogen and oxygen atoms in total. The molecule has 1 aromatic heterocycles. The lowest BCUT2D eigenvalue weighted by molar-refractivity contribution is 0.405. The monoisotopic (exact) mass is 192 g/mol. The molecule has 0 saturated carbocycles. The lowest BCUT2D eigenvalue weighted by Crippen LogP contribution is -2.00. The molecule has 0 spiro atoms. The molecule has 0 fully saturated rings. The Bertz CT molecular complexity index is 243. The molecule has 6 N–H and O–H groups in total. The second-order valence-electron chi connectivity index (χ2n) is 1.53. The number of nitrogens with two attached hydrogens (primary N) is 2. The van der Waals surface area contributed by atoms with Gasteiger partial charge >= 0.3 is 8.25 Å². The zero-order chi connectivity index (χ0) is 9.56. The van der Waals surface area contributed by atoms with Crippen LogP contribution in [-0.4, -0.2) is 25.2 Å². The number of aromatic nitrogens is 3. The topological polar surface area (TPSA) is 148 Å². The number of hydrogen-bond acceptors (Lipinski definition) is 6. The SMILES string of the molecule is Nc1cnnnc1N.O=[P+](O)O. The molecule has 9 heteroatoms. The predicted molar refractivity (Wildman–Crippen MR) is 40.7 cm³/mol. The third kappa shape index (κ3) is 5.42. The highest BCUT2D eigenvalue weighted by Gasteiger charge is 1.93. The molecular weight excluding hydrogens is 185 g/mol. The minimum Gasteiger partial charge on any atom is -0.394 e.